The second kappa shape index (κ2) is 3.30. The molecule has 11 heavy (non-hydrogen) atoms. The maximum Gasteiger partial charge on any atom is 0.0782 e. The van der Waals surface area contributed by atoms with Crippen LogP contribution in [0.3, 0.4) is 0 Å². The minimum atomic E-state index is -0.475. The molecule has 0 saturated carbocycles. The zero-order valence-corrected chi connectivity index (χ0v) is 6.49. The Hall–Kier alpha value is -1.15. The molecular weight excluding hydrogens is 138 g/mol. The van der Waals surface area contributed by atoms with Crippen LogP contribution in [0.25, 0.3) is 6.08 Å². The summed E-state index contributed by atoms with van der Waals surface area (Å²) in [7, 11) is 0. The highest BCUT2D eigenvalue weighted by Gasteiger charge is 2.03. The first-order valence-electron chi connectivity index (χ1n) is 3.50. The summed E-state index contributed by atoms with van der Waals surface area (Å²) in [6, 6.07) is 1.83. The molecule has 2 nitrogen and oxygen atoms in total. The SMILES string of the molecule is C=Cc1ccncc1C(C)O. The van der Waals surface area contributed by atoms with Gasteiger partial charge in [-0.3, -0.25) is 4.98 Å². The lowest BCUT2D eigenvalue weighted by Gasteiger charge is -2.06. The van der Waals surface area contributed by atoms with Crippen LogP contribution in [-0.2, 0) is 0 Å². The van der Waals surface area contributed by atoms with Gasteiger partial charge in [0.05, 0.1) is 6.10 Å². The highest BCUT2D eigenvalue weighted by Crippen LogP contribution is 2.16. The predicted molar refractivity (Wildman–Crippen MR) is 45.0 cm³/mol. The summed E-state index contributed by atoms with van der Waals surface area (Å²) in [6.07, 6.45) is 4.57. The Morgan fingerprint density at radius 2 is 2.45 bits per heavy atom. The van der Waals surface area contributed by atoms with Gasteiger partial charge in [-0.15, -0.1) is 0 Å². The first-order valence-corrected chi connectivity index (χ1v) is 3.50. The smallest absolute Gasteiger partial charge is 0.0782 e. The third-order valence-corrected chi connectivity index (χ3v) is 1.56. The number of aliphatic hydroxyl groups excluding tert-OH is 1. The lowest BCUT2D eigenvalue weighted by molar-refractivity contribution is 0.198. The topological polar surface area (TPSA) is 33.1 Å². The van der Waals surface area contributed by atoms with Crippen LogP contribution in [0.4, 0.5) is 0 Å². The van der Waals surface area contributed by atoms with Crippen molar-refractivity contribution < 1.29 is 5.11 Å². The van der Waals surface area contributed by atoms with E-state index in [-0.39, 0.29) is 0 Å². The fourth-order valence-electron chi connectivity index (χ4n) is 0.952. The molecule has 0 bridgehead atoms. The average Bonchev–Trinajstić information content (AvgIpc) is 2.04. The molecular formula is C9H11NO. The fraction of sp³-hybridized carbons (Fsp3) is 0.222. The molecule has 0 aliphatic rings. The molecule has 0 aromatic carbocycles. The molecule has 0 aliphatic carbocycles. The second-order valence-corrected chi connectivity index (χ2v) is 2.38. The molecule has 1 N–H and O–H groups in total. The largest absolute Gasteiger partial charge is 0.389 e. The third kappa shape index (κ3) is 1.65. The van der Waals surface area contributed by atoms with Gasteiger partial charge in [-0.25, -0.2) is 0 Å². The normalized spacial score (nSPS) is 12.5. The second-order valence-electron chi connectivity index (χ2n) is 2.38. The van der Waals surface area contributed by atoms with Gasteiger partial charge in [-0.1, -0.05) is 12.7 Å². The minimum Gasteiger partial charge on any atom is -0.389 e. The van der Waals surface area contributed by atoms with Gasteiger partial charge in [-0.05, 0) is 18.6 Å². The monoisotopic (exact) mass is 149 g/mol. The van der Waals surface area contributed by atoms with E-state index in [1.807, 2.05) is 6.07 Å². The first-order chi connectivity index (χ1) is 5.25. The van der Waals surface area contributed by atoms with Crippen molar-refractivity contribution in [3.05, 3.63) is 36.2 Å². The van der Waals surface area contributed by atoms with Crippen molar-refractivity contribution >= 4 is 6.08 Å². The van der Waals surface area contributed by atoms with E-state index in [0.717, 1.165) is 11.1 Å². The van der Waals surface area contributed by atoms with Crippen molar-refractivity contribution in [1.29, 1.82) is 0 Å². The molecule has 0 saturated heterocycles. The summed E-state index contributed by atoms with van der Waals surface area (Å²) in [6.45, 7) is 5.35. The van der Waals surface area contributed by atoms with Gasteiger partial charge in [0.1, 0.15) is 0 Å². The van der Waals surface area contributed by atoms with E-state index in [4.69, 9.17) is 0 Å². The standard InChI is InChI=1S/C9H11NO/c1-3-8-4-5-10-6-9(8)7(2)11/h3-7,11H,1H2,2H3. The van der Waals surface area contributed by atoms with Gasteiger partial charge in [0, 0.05) is 18.0 Å². The van der Waals surface area contributed by atoms with Crippen molar-refractivity contribution in [3.8, 4) is 0 Å². The van der Waals surface area contributed by atoms with Crippen LogP contribution < -0.4 is 0 Å². The molecule has 1 aromatic rings. The van der Waals surface area contributed by atoms with E-state index in [9.17, 15) is 5.11 Å². The van der Waals surface area contributed by atoms with E-state index < -0.39 is 6.10 Å². The van der Waals surface area contributed by atoms with Crippen LogP contribution in [0.2, 0.25) is 0 Å². The number of pyridine rings is 1. The van der Waals surface area contributed by atoms with Crippen molar-refractivity contribution in [3.63, 3.8) is 0 Å². The Balaban J connectivity index is 3.12. The first kappa shape index (κ1) is 7.95. The number of rotatable bonds is 2. The van der Waals surface area contributed by atoms with Crippen molar-refractivity contribution in [2.75, 3.05) is 0 Å². The van der Waals surface area contributed by atoms with Gasteiger partial charge in [0.2, 0.25) is 0 Å². The molecule has 1 unspecified atom stereocenters. The molecule has 1 atom stereocenters. The fourth-order valence-corrected chi connectivity index (χ4v) is 0.952. The molecule has 2 heteroatoms. The highest BCUT2D eigenvalue weighted by molar-refractivity contribution is 5.51. The van der Waals surface area contributed by atoms with E-state index in [1.54, 1.807) is 25.4 Å². The lowest BCUT2D eigenvalue weighted by atomic mass is 10.1. The molecule has 1 heterocycles. The number of hydrogen-bond donors (Lipinski definition) is 1. The number of hydrogen-bond acceptors (Lipinski definition) is 2. The summed E-state index contributed by atoms with van der Waals surface area (Å²) in [4.78, 5) is 3.91. The third-order valence-electron chi connectivity index (χ3n) is 1.56. The molecule has 58 valence electrons. The van der Waals surface area contributed by atoms with Crippen molar-refractivity contribution in [2.45, 2.75) is 13.0 Å². The van der Waals surface area contributed by atoms with Gasteiger partial charge >= 0.3 is 0 Å². The Kier molecular flexibility index (Phi) is 2.39. The molecule has 0 radical (unpaired) electrons. The van der Waals surface area contributed by atoms with Gasteiger partial charge < -0.3 is 5.11 Å². The van der Waals surface area contributed by atoms with Crippen LogP contribution in [0.15, 0.2) is 25.0 Å². The van der Waals surface area contributed by atoms with Crippen molar-refractivity contribution in [2.24, 2.45) is 0 Å². The van der Waals surface area contributed by atoms with Crippen LogP contribution in [0.1, 0.15) is 24.2 Å². The molecule has 0 amide bonds. The highest BCUT2D eigenvalue weighted by atomic mass is 16.3. The zero-order valence-electron chi connectivity index (χ0n) is 6.49. The minimum absolute atomic E-state index is 0.475. The summed E-state index contributed by atoms with van der Waals surface area (Å²) in [5.74, 6) is 0. The Morgan fingerprint density at radius 3 is 2.91 bits per heavy atom. The van der Waals surface area contributed by atoms with Crippen LogP contribution >= 0.6 is 0 Å². The van der Waals surface area contributed by atoms with E-state index in [2.05, 4.69) is 11.6 Å². The molecule has 1 rings (SSSR count). The Morgan fingerprint density at radius 1 is 1.73 bits per heavy atom. The maximum atomic E-state index is 9.25. The van der Waals surface area contributed by atoms with Gasteiger partial charge in [-0.2, -0.15) is 0 Å². The van der Waals surface area contributed by atoms with E-state index in [0.29, 0.717) is 0 Å². The van der Waals surface area contributed by atoms with Gasteiger partial charge in [0.25, 0.3) is 0 Å². The van der Waals surface area contributed by atoms with Crippen LogP contribution in [0.5, 0.6) is 0 Å². The summed E-state index contributed by atoms with van der Waals surface area (Å²) in [5, 5.41) is 9.25. The summed E-state index contributed by atoms with van der Waals surface area (Å²) >= 11 is 0. The number of aliphatic hydroxyl groups is 1. The van der Waals surface area contributed by atoms with Crippen LogP contribution in [0, 0.1) is 0 Å². The zero-order chi connectivity index (χ0) is 8.27. The Bertz CT molecular complexity index is 255. The van der Waals surface area contributed by atoms with E-state index in [1.165, 1.54) is 0 Å². The van der Waals surface area contributed by atoms with E-state index >= 15 is 0 Å². The average molecular weight is 149 g/mol. The molecule has 1 aromatic heterocycles. The summed E-state index contributed by atoms with van der Waals surface area (Å²) < 4.78 is 0. The summed E-state index contributed by atoms with van der Waals surface area (Å²) in [5.41, 5.74) is 1.76. The lowest BCUT2D eigenvalue weighted by Crippen LogP contribution is -1.94. The Labute approximate surface area is 66.2 Å². The van der Waals surface area contributed by atoms with Crippen molar-refractivity contribution in [1.82, 2.24) is 4.98 Å². The number of nitrogens with zero attached hydrogens (tertiary/aromatic N) is 1. The molecule has 0 spiro atoms. The number of aromatic nitrogens is 1. The quantitative estimate of drug-likeness (QED) is 0.695. The molecule has 0 fully saturated rings. The predicted octanol–water partition coefficient (Wildman–Crippen LogP) is 1.78. The maximum absolute atomic E-state index is 9.25. The molecule has 0 aliphatic heterocycles. The van der Waals surface area contributed by atoms with Crippen LogP contribution in [-0.4, -0.2) is 10.1 Å². The van der Waals surface area contributed by atoms with Gasteiger partial charge in [0.15, 0.2) is 0 Å².